The second kappa shape index (κ2) is 7.80. The molecule has 134 valence electrons. The molecular weight excluding hydrogens is 370 g/mol. The highest BCUT2D eigenvalue weighted by Crippen LogP contribution is 2.33. The Labute approximate surface area is 160 Å². The van der Waals surface area contributed by atoms with Crippen LogP contribution in [0.5, 0.6) is 0 Å². The summed E-state index contributed by atoms with van der Waals surface area (Å²) in [5.41, 5.74) is 2.29. The Morgan fingerprint density at radius 1 is 1.15 bits per heavy atom. The van der Waals surface area contributed by atoms with Crippen LogP contribution < -0.4 is 10.6 Å². The molecule has 3 aromatic rings. The van der Waals surface area contributed by atoms with Gasteiger partial charge in [-0.2, -0.15) is 0 Å². The number of anilines is 1. The largest absolute Gasteiger partial charge is 0.361 e. The van der Waals surface area contributed by atoms with E-state index in [0.29, 0.717) is 10.8 Å². The van der Waals surface area contributed by atoms with Crippen molar-refractivity contribution in [3.63, 3.8) is 0 Å². The van der Waals surface area contributed by atoms with Crippen molar-refractivity contribution < 1.29 is 4.79 Å². The van der Waals surface area contributed by atoms with Crippen LogP contribution in [0, 0.1) is 6.92 Å². The molecule has 0 bridgehead atoms. The lowest BCUT2D eigenvalue weighted by Crippen LogP contribution is -2.20. The highest BCUT2D eigenvalue weighted by molar-refractivity contribution is 7.15. The number of hydrogen-bond acceptors (Lipinski definition) is 6. The Bertz CT molecular complexity index is 908. The molecule has 0 saturated heterocycles. The number of benzene rings is 1. The van der Waals surface area contributed by atoms with Gasteiger partial charge < -0.3 is 10.6 Å². The normalized spacial score (nSPS) is 11.8. The summed E-state index contributed by atoms with van der Waals surface area (Å²) in [5.74, 6) is 0.342. The molecule has 1 unspecified atom stereocenters. The predicted molar refractivity (Wildman–Crippen MR) is 105 cm³/mol. The zero-order valence-corrected chi connectivity index (χ0v) is 16.1. The number of amides is 1. The molecule has 1 amide bonds. The van der Waals surface area contributed by atoms with E-state index in [-0.39, 0.29) is 17.6 Å². The minimum Gasteiger partial charge on any atom is -0.361 e. The SMILES string of the molecule is CNC(=O)c1ccc(NC(C)c2sc(-c3ccc(Cl)cc3)nc2C)nn1. The number of thiazole rings is 1. The number of aromatic nitrogens is 3. The molecule has 2 heterocycles. The molecule has 0 fully saturated rings. The highest BCUT2D eigenvalue weighted by Gasteiger charge is 2.16. The minimum absolute atomic E-state index is 0.00806. The summed E-state index contributed by atoms with van der Waals surface area (Å²) < 4.78 is 0. The van der Waals surface area contributed by atoms with E-state index < -0.39 is 0 Å². The van der Waals surface area contributed by atoms with Crippen LogP contribution in [0.3, 0.4) is 0 Å². The van der Waals surface area contributed by atoms with Gasteiger partial charge in [-0.25, -0.2) is 4.98 Å². The molecule has 6 nitrogen and oxygen atoms in total. The predicted octanol–water partition coefficient (Wildman–Crippen LogP) is 4.09. The van der Waals surface area contributed by atoms with Crippen LogP contribution in [0.4, 0.5) is 5.82 Å². The van der Waals surface area contributed by atoms with Crippen molar-refractivity contribution in [3.05, 3.63) is 57.7 Å². The Kier molecular flexibility index (Phi) is 5.49. The van der Waals surface area contributed by atoms with E-state index >= 15 is 0 Å². The number of carbonyl (C=O) groups is 1. The van der Waals surface area contributed by atoms with E-state index in [1.54, 1.807) is 30.5 Å². The second-order valence-electron chi connectivity index (χ2n) is 5.72. The molecule has 0 saturated carbocycles. The average molecular weight is 388 g/mol. The highest BCUT2D eigenvalue weighted by atomic mass is 35.5. The van der Waals surface area contributed by atoms with Gasteiger partial charge in [0.1, 0.15) is 10.8 Å². The first-order valence-corrected chi connectivity index (χ1v) is 9.23. The number of aryl methyl sites for hydroxylation is 1. The molecule has 1 aromatic carbocycles. The molecule has 2 N–H and O–H groups in total. The molecule has 26 heavy (non-hydrogen) atoms. The van der Waals surface area contributed by atoms with Gasteiger partial charge in [0.25, 0.3) is 5.91 Å². The molecule has 0 aliphatic heterocycles. The lowest BCUT2D eigenvalue weighted by molar-refractivity contribution is 0.0957. The monoisotopic (exact) mass is 387 g/mol. The van der Waals surface area contributed by atoms with Crippen molar-refractivity contribution in [2.24, 2.45) is 0 Å². The van der Waals surface area contributed by atoms with Gasteiger partial charge in [-0.1, -0.05) is 23.7 Å². The fourth-order valence-electron chi connectivity index (χ4n) is 2.47. The first kappa shape index (κ1) is 18.3. The van der Waals surface area contributed by atoms with E-state index in [4.69, 9.17) is 11.6 Å². The average Bonchev–Trinajstić information content (AvgIpc) is 3.04. The van der Waals surface area contributed by atoms with E-state index in [1.165, 1.54) is 0 Å². The van der Waals surface area contributed by atoms with Crippen LogP contribution in [0.1, 0.15) is 34.0 Å². The first-order valence-electron chi connectivity index (χ1n) is 8.03. The molecule has 8 heteroatoms. The van der Waals surface area contributed by atoms with Crippen LogP contribution in [-0.4, -0.2) is 28.1 Å². The van der Waals surface area contributed by atoms with Crippen LogP contribution in [0.2, 0.25) is 5.02 Å². The zero-order chi connectivity index (χ0) is 18.7. The standard InChI is InChI=1S/C18H18ClN5OS/c1-10(21-15-9-8-14(23-24-15)17(25)20-3)16-11(2)22-18(26-16)12-4-6-13(19)7-5-12/h4-10H,1-3H3,(H,20,25)(H,21,24). The number of nitrogens with zero attached hydrogens (tertiary/aromatic N) is 3. The van der Waals surface area contributed by atoms with Crippen molar-refractivity contribution in [1.82, 2.24) is 20.5 Å². The van der Waals surface area contributed by atoms with Gasteiger partial charge in [0.2, 0.25) is 0 Å². The summed E-state index contributed by atoms with van der Waals surface area (Å²) in [6.45, 7) is 4.03. The molecule has 3 rings (SSSR count). The third-order valence-corrected chi connectivity index (χ3v) is 5.45. The Balaban J connectivity index is 1.76. The van der Waals surface area contributed by atoms with E-state index in [9.17, 15) is 4.79 Å². The van der Waals surface area contributed by atoms with Crippen molar-refractivity contribution in [2.45, 2.75) is 19.9 Å². The summed E-state index contributed by atoms with van der Waals surface area (Å²) in [6.07, 6.45) is 0. The summed E-state index contributed by atoms with van der Waals surface area (Å²) in [5, 5.41) is 15.5. The number of carbonyl (C=O) groups excluding carboxylic acids is 1. The van der Waals surface area contributed by atoms with Gasteiger partial charge in [-0.15, -0.1) is 21.5 Å². The van der Waals surface area contributed by atoms with Gasteiger partial charge in [-0.05, 0) is 38.1 Å². The summed E-state index contributed by atoms with van der Waals surface area (Å²) in [6, 6.07) is 11.0. The summed E-state index contributed by atoms with van der Waals surface area (Å²) in [4.78, 5) is 17.3. The van der Waals surface area contributed by atoms with E-state index in [1.807, 2.05) is 38.1 Å². The number of nitrogens with one attached hydrogen (secondary N) is 2. The van der Waals surface area contributed by atoms with Crippen molar-refractivity contribution in [1.29, 1.82) is 0 Å². The third-order valence-electron chi connectivity index (χ3n) is 3.81. The maximum absolute atomic E-state index is 11.5. The van der Waals surface area contributed by atoms with Crippen LogP contribution >= 0.6 is 22.9 Å². The van der Waals surface area contributed by atoms with E-state index in [2.05, 4.69) is 25.8 Å². The topological polar surface area (TPSA) is 79.8 Å². The zero-order valence-electron chi connectivity index (χ0n) is 14.6. The number of rotatable bonds is 5. The Hall–Kier alpha value is -2.51. The summed E-state index contributed by atoms with van der Waals surface area (Å²) in [7, 11) is 1.56. The first-order chi connectivity index (χ1) is 12.5. The summed E-state index contributed by atoms with van der Waals surface area (Å²) >= 11 is 7.58. The fraction of sp³-hybridized carbons (Fsp3) is 0.222. The molecule has 0 spiro atoms. The number of hydrogen-bond donors (Lipinski definition) is 2. The molecular formula is C18H18ClN5OS. The quantitative estimate of drug-likeness (QED) is 0.689. The van der Waals surface area contributed by atoms with Gasteiger partial charge >= 0.3 is 0 Å². The van der Waals surface area contributed by atoms with Gasteiger partial charge in [0.15, 0.2) is 5.69 Å². The van der Waals surface area contributed by atoms with Crippen LogP contribution in [0.15, 0.2) is 36.4 Å². The van der Waals surface area contributed by atoms with Crippen LogP contribution in [0.25, 0.3) is 10.6 Å². The van der Waals surface area contributed by atoms with Gasteiger partial charge in [-0.3, -0.25) is 4.79 Å². The number of halogens is 1. The van der Waals surface area contributed by atoms with Gasteiger partial charge in [0.05, 0.1) is 11.7 Å². The smallest absolute Gasteiger partial charge is 0.271 e. The maximum atomic E-state index is 11.5. The van der Waals surface area contributed by atoms with Gasteiger partial charge in [0, 0.05) is 22.5 Å². The van der Waals surface area contributed by atoms with E-state index in [0.717, 1.165) is 21.1 Å². The van der Waals surface area contributed by atoms with Crippen LogP contribution in [-0.2, 0) is 0 Å². The fourth-order valence-corrected chi connectivity index (χ4v) is 3.67. The lowest BCUT2D eigenvalue weighted by Gasteiger charge is -2.13. The van der Waals surface area contributed by atoms with Crippen molar-refractivity contribution in [2.75, 3.05) is 12.4 Å². The third kappa shape index (κ3) is 4.00. The minimum atomic E-state index is -0.261. The Morgan fingerprint density at radius 3 is 2.50 bits per heavy atom. The van der Waals surface area contributed by atoms with Crippen molar-refractivity contribution in [3.8, 4) is 10.6 Å². The van der Waals surface area contributed by atoms with Crippen molar-refractivity contribution >= 4 is 34.7 Å². The maximum Gasteiger partial charge on any atom is 0.271 e. The molecule has 2 aromatic heterocycles. The molecule has 0 aliphatic carbocycles. The Morgan fingerprint density at radius 2 is 1.88 bits per heavy atom. The lowest BCUT2D eigenvalue weighted by atomic mass is 10.2. The second-order valence-corrected chi connectivity index (χ2v) is 7.19. The molecule has 0 radical (unpaired) electrons. The molecule has 1 atom stereocenters. The molecule has 0 aliphatic rings.